The summed E-state index contributed by atoms with van der Waals surface area (Å²) in [5.41, 5.74) is 1.67. The molecule has 0 saturated heterocycles. The average Bonchev–Trinajstić information content (AvgIpc) is 2.76. The average molecular weight is 448 g/mol. The number of carbonyl (C=O) groups is 2. The van der Waals surface area contributed by atoms with Crippen molar-refractivity contribution in [3.05, 3.63) is 93.7 Å². The lowest BCUT2D eigenvalue weighted by Gasteiger charge is -2.35. The Bertz CT molecular complexity index is 1190. The first-order chi connectivity index (χ1) is 15.6. The van der Waals surface area contributed by atoms with Gasteiger partial charge >= 0.3 is 0 Å². The highest BCUT2D eigenvalue weighted by molar-refractivity contribution is 6.02. The van der Waals surface area contributed by atoms with E-state index >= 15 is 0 Å². The van der Waals surface area contributed by atoms with Crippen LogP contribution in [0.3, 0.4) is 0 Å². The van der Waals surface area contributed by atoms with Gasteiger partial charge in [-0.3, -0.25) is 25.1 Å². The van der Waals surface area contributed by atoms with Gasteiger partial charge in [-0.1, -0.05) is 30.3 Å². The van der Waals surface area contributed by atoms with E-state index in [0.29, 0.717) is 11.3 Å². The highest BCUT2D eigenvalue weighted by Crippen LogP contribution is 2.27. The van der Waals surface area contributed by atoms with E-state index in [1.54, 1.807) is 70.2 Å². The van der Waals surface area contributed by atoms with E-state index in [4.69, 9.17) is 4.74 Å². The van der Waals surface area contributed by atoms with Crippen LogP contribution >= 0.6 is 0 Å². The highest BCUT2D eigenvalue weighted by Gasteiger charge is 2.33. The summed E-state index contributed by atoms with van der Waals surface area (Å²) >= 11 is 0. The van der Waals surface area contributed by atoms with E-state index in [0.717, 1.165) is 5.01 Å². The van der Waals surface area contributed by atoms with Gasteiger partial charge in [0, 0.05) is 11.8 Å². The zero-order valence-corrected chi connectivity index (χ0v) is 18.7. The minimum Gasteiger partial charge on any atom is -0.438 e. The van der Waals surface area contributed by atoms with Crippen LogP contribution in [0.25, 0.3) is 0 Å². The van der Waals surface area contributed by atoms with Crippen LogP contribution in [0.2, 0.25) is 0 Å². The Morgan fingerprint density at radius 1 is 1.00 bits per heavy atom. The fraction of sp³-hybridized carbons (Fsp3) is 0.208. The summed E-state index contributed by atoms with van der Waals surface area (Å²) in [7, 11) is 0. The minimum absolute atomic E-state index is 0.0683. The molecule has 0 bridgehead atoms. The van der Waals surface area contributed by atoms with E-state index in [1.807, 2.05) is 6.07 Å². The molecule has 0 aliphatic carbocycles. The predicted molar refractivity (Wildman–Crippen MR) is 122 cm³/mol. The topological polar surface area (TPSA) is 115 Å². The smallest absolute Gasteiger partial charge is 0.285 e. The van der Waals surface area contributed by atoms with Crippen molar-refractivity contribution in [1.82, 2.24) is 15.4 Å². The summed E-state index contributed by atoms with van der Waals surface area (Å²) in [6, 6.07) is 16.4. The fourth-order valence-corrected chi connectivity index (χ4v) is 3.12. The maximum Gasteiger partial charge on any atom is 0.285 e. The van der Waals surface area contributed by atoms with Gasteiger partial charge in [0.1, 0.15) is 16.9 Å². The standard InChI is InChI=1S/C24H24N4O5/c1-16-10-8-13-18(20(16)28(31)32)21(29)26-27(24(2,3)4)23(30)19-14-9-15-25-22(19)33-17-11-6-5-7-12-17/h5-15H,1-4H3,(H,26,29). The molecule has 1 heterocycles. The maximum absolute atomic E-state index is 13.5. The molecule has 3 rings (SSSR count). The minimum atomic E-state index is -0.870. The molecule has 0 aliphatic rings. The predicted octanol–water partition coefficient (Wildman–Crippen LogP) is 4.68. The van der Waals surface area contributed by atoms with Crippen LogP contribution in [0.4, 0.5) is 5.69 Å². The number of nitrogens with zero attached hydrogens (tertiary/aromatic N) is 3. The highest BCUT2D eigenvalue weighted by atomic mass is 16.6. The first-order valence-corrected chi connectivity index (χ1v) is 10.2. The van der Waals surface area contributed by atoms with Crippen molar-refractivity contribution < 1.29 is 19.2 Å². The number of rotatable bonds is 5. The summed E-state index contributed by atoms with van der Waals surface area (Å²) in [6.07, 6.45) is 1.49. The number of carbonyl (C=O) groups excluding carboxylic acids is 2. The quantitative estimate of drug-likeness (QED) is 0.448. The molecule has 0 unspecified atom stereocenters. The van der Waals surface area contributed by atoms with Crippen LogP contribution in [0.15, 0.2) is 66.9 Å². The Kier molecular flexibility index (Phi) is 6.72. The van der Waals surface area contributed by atoms with Gasteiger partial charge in [-0.25, -0.2) is 9.99 Å². The van der Waals surface area contributed by atoms with Gasteiger partial charge in [-0.2, -0.15) is 0 Å². The molecule has 3 aromatic rings. The van der Waals surface area contributed by atoms with Gasteiger partial charge < -0.3 is 4.74 Å². The number of aryl methyl sites for hydroxylation is 1. The zero-order chi connectivity index (χ0) is 24.2. The number of nitro benzene ring substituents is 1. The molecule has 0 radical (unpaired) electrons. The summed E-state index contributed by atoms with van der Waals surface area (Å²) in [5, 5.41) is 12.6. The lowest BCUT2D eigenvalue weighted by molar-refractivity contribution is -0.385. The van der Waals surface area contributed by atoms with Crippen molar-refractivity contribution in [2.45, 2.75) is 33.2 Å². The molecule has 2 amide bonds. The van der Waals surface area contributed by atoms with Crippen LogP contribution in [0, 0.1) is 17.0 Å². The number of nitrogens with one attached hydrogen (secondary N) is 1. The number of hydrogen-bond donors (Lipinski definition) is 1. The Morgan fingerprint density at radius 3 is 2.30 bits per heavy atom. The van der Waals surface area contributed by atoms with Crippen molar-refractivity contribution in [1.29, 1.82) is 0 Å². The normalized spacial score (nSPS) is 10.9. The molecule has 1 N–H and O–H groups in total. The van der Waals surface area contributed by atoms with Gasteiger partial charge in [0.25, 0.3) is 17.5 Å². The van der Waals surface area contributed by atoms with Crippen LogP contribution < -0.4 is 10.2 Å². The van der Waals surface area contributed by atoms with Crippen molar-refractivity contribution >= 4 is 17.5 Å². The largest absolute Gasteiger partial charge is 0.438 e. The number of hydrazine groups is 1. The monoisotopic (exact) mass is 448 g/mol. The number of aromatic nitrogens is 1. The van der Waals surface area contributed by atoms with E-state index in [9.17, 15) is 19.7 Å². The second-order valence-electron chi connectivity index (χ2n) is 8.25. The van der Waals surface area contributed by atoms with Gasteiger partial charge in [0.15, 0.2) is 0 Å². The fourth-order valence-electron chi connectivity index (χ4n) is 3.12. The third-order valence-electron chi connectivity index (χ3n) is 4.71. The second-order valence-corrected chi connectivity index (χ2v) is 8.25. The SMILES string of the molecule is Cc1cccc(C(=O)NN(C(=O)c2cccnc2Oc2ccccc2)C(C)(C)C)c1[N+](=O)[O-]. The Labute approximate surface area is 191 Å². The van der Waals surface area contributed by atoms with E-state index in [2.05, 4.69) is 10.4 Å². The van der Waals surface area contributed by atoms with Crippen molar-refractivity contribution in [3.63, 3.8) is 0 Å². The molecule has 33 heavy (non-hydrogen) atoms. The Hall–Kier alpha value is -4.27. The Morgan fingerprint density at radius 2 is 1.67 bits per heavy atom. The summed E-state index contributed by atoms with van der Waals surface area (Å²) in [6.45, 7) is 6.72. The third kappa shape index (κ3) is 5.32. The number of pyridine rings is 1. The molecule has 9 nitrogen and oxygen atoms in total. The van der Waals surface area contributed by atoms with Crippen LogP contribution in [-0.2, 0) is 0 Å². The number of amides is 2. The van der Waals surface area contributed by atoms with E-state index in [1.165, 1.54) is 18.3 Å². The number of benzene rings is 2. The van der Waals surface area contributed by atoms with E-state index < -0.39 is 22.3 Å². The maximum atomic E-state index is 13.5. The van der Waals surface area contributed by atoms with Gasteiger partial charge in [-0.15, -0.1) is 0 Å². The molecular formula is C24H24N4O5. The lowest BCUT2D eigenvalue weighted by atomic mass is 10.1. The van der Waals surface area contributed by atoms with E-state index in [-0.39, 0.29) is 22.7 Å². The molecule has 0 fully saturated rings. The second kappa shape index (κ2) is 9.47. The van der Waals surface area contributed by atoms with Crippen LogP contribution in [0.5, 0.6) is 11.6 Å². The molecule has 0 aliphatic heterocycles. The molecule has 0 saturated carbocycles. The Balaban J connectivity index is 1.96. The molecule has 0 atom stereocenters. The van der Waals surface area contributed by atoms with Gasteiger partial charge in [0.2, 0.25) is 5.88 Å². The van der Waals surface area contributed by atoms with Crippen LogP contribution in [0.1, 0.15) is 47.1 Å². The summed E-state index contributed by atoms with van der Waals surface area (Å²) in [4.78, 5) is 41.6. The number of hydrogen-bond acceptors (Lipinski definition) is 6. The number of para-hydroxylation sites is 2. The molecule has 0 spiro atoms. The van der Waals surface area contributed by atoms with Gasteiger partial charge in [0.05, 0.1) is 10.5 Å². The first-order valence-electron chi connectivity index (χ1n) is 10.2. The number of ether oxygens (including phenoxy) is 1. The molecule has 1 aromatic heterocycles. The molecule has 9 heteroatoms. The lowest BCUT2D eigenvalue weighted by Crippen LogP contribution is -2.56. The molecule has 170 valence electrons. The van der Waals surface area contributed by atoms with Crippen molar-refractivity contribution in [2.75, 3.05) is 0 Å². The third-order valence-corrected chi connectivity index (χ3v) is 4.71. The molecule has 2 aromatic carbocycles. The summed E-state index contributed by atoms with van der Waals surface area (Å²) < 4.78 is 5.79. The van der Waals surface area contributed by atoms with Crippen LogP contribution in [-0.4, -0.2) is 32.3 Å². The number of nitro groups is 1. The zero-order valence-electron chi connectivity index (χ0n) is 18.7. The van der Waals surface area contributed by atoms with Gasteiger partial charge in [-0.05, 0) is 58.0 Å². The van der Waals surface area contributed by atoms with Crippen molar-refractivity contribution in [2.24, 2.45) is 0 Å². The van der Waals surface area contributed by atoms with Crippen molar-refractivity contribution in [3.8, 4) is 11.6 Å². The first kappa shape index (κ1) is 23.4. The molecular weight excluding hydrogens is 424 g/mol. The summed E-state index contributed by atoms with van der Waals surface area (Å²) in [5.74, 6) is -0.793.